The topological polar surface area (TPSA) is 90.2 Å². The number of hydrogen-bond donors (Lipinski definition) is 0. The van der Waals surface area contributed by atoms with Gasteiger partial charge >= 0.3 is 0 Å². The zero-order valence-electron chi connectivity index (χ0n) is 9.17. The van der Waals surface area contributed by atoms with Crippen molar-refractivity contribution in [3.63, 3.8) is 0 Å². The van der Waals surface area contributed by atoms with Gasteiger partial charge in [-0.1, -0.05) is 6.07 Å². The number of pyridine rings is 1. The van der Waals surface area contributed by atoms with E-state index in [4.69, 9.17) is 0 Å². The molecule has 0 amide bonds. The van der Waals surface area contributed by atoms with Crippen molar-refractivity contribution in [2.45, 2.75) is 0 Å². The number of nitrogens with zero attached hydrogens (tertiary/aromatic N) is 7. The van der Waals surface area contributed by atoms with Crippen LogP contribution in [0.5, 0.6) is 0 Å². The number of aromatic nitrogens is 7. The Morgan fingerprint density at radius 2 is 1.22 bits per heavy atom. The molecular formula is C11H7N7. The van der Waals surface area contributed by atoms with E-state index in [1.54, 1.807) is 24.5 Å². The van der Waals surface area contributed by atoms with Crippen LogP contribution in [0, 0.1) is 0 Å². The van der Waals surface area contributed by atoms with E-state index < -0.39 is 0 Å². The summed E-state index contributed by atoms with van der Waals surface area (Å²) >= 11 is 0. The van der Waals surface area contributed by atoms with Gasteiger partial charge in [0.25, 0.3) is 0 Å². The van der Waals surface area contributed by atoms with Gasteiger partial charge in [-0.05, 0) is 12.1 Å². The summed E-state index contributed by atoms with van der Waals surface area (Å²) in [5, 5.41) is 15.3. The molecule has 3 aromatic rings. The van der Waals surface area contributed by atoms with Crippen molar-refractivity contribution < 1.29 is 0 Å². The molecule has 0 saturated heterocycles. The summed E-state index contributed by atoms with van der Waals surface area (Å²) in [6.45, 7) is 0. The minimum atomic E-state index is 0.461. The third-order valence-corrected chi connectivity index (χ3v) is 2.17. The molecule has 3 heterocycles. The first-order valence-electron chi connectivity index (χ1n) is 5.19. The Kier molecular flexibility index (Phi) is 2.63. The second-order valence-corrected chi connectivity index (χ2v) is 3.34. The Balaban J connectivity index is 2.05. The Hall–Kier alpha value is -2.83. The van der Waals surface area contributed by atoms with E-state index in [1.165, 1.54) is 12.4 Å². The molecule has 7 nitrogen and oxygen atoms in total. The molecule has 0 spiro atoms. The van der Waals surface area contributed by atoms with E-state index in [0.29, 0.717) is 23.0 Å². The largest absolute Gasteiger partial charge is 0.241 e. The summed E-state index contributed by atoms with van der Waals surface area (Å²) in [6, 6.07) is 5.44. The van der Waals surface area contributed by atoms with E-state index >= 15 is 0 Å². The Morgan fingerprint density at radius 3 is 1.67 bits per heavy atom. The standard InChI is InChI=1S/C11H7N7/c1-2-8(10-12-4-6-14-17-10)16-9(3-1)11-13-5-7-15-18-11/h1-7H. The molecule has 3 rings (SSSR count). The summed E-state index contributed by atoms with van der Waals surface area (Å²) in [5.74, 6) is 0.923. The second kappa shape index (κ2) is 4.58. The zero-order valence-corrected chi connectivity index (χ0v) is 9.17. The minimum absolute atomic E-state index is 0.461. The highest BCUT2D eigenvalue weighted by atomic mass is 15.2. The highest BCUT2D eigenvalue weighted by Gasteiger charge is 2.07. The number of hydrogen-bond acceptors (Lipinski definition) is 7. The first kappa shape index (κ1) is 10.3. The van der Waals surface area contributed by atoms with Gasteiger partial charge in [-0.3, -0.25) is 0 Å². The SMILES string of the molecule is c1cc(-c2nccnn2)nc(-c2nccnn2)c1. The second-order valence-electron chi connectivity index (χ2n) is 3.34. The smallest absolute Gasteiger partial charge is 0.200 e. The van der Waals surface area contributed by atoms with Crippen molar-refractivity contribution in [2.75, 3.05) is 0 Å². The maximum Gasteiger partial charge on any atom is 0.200 e. The zero-order chi connectivity index (χ0) is 12.2. The van der Waals surface area contributed by atoms with Gasteiger partial charge in [0.15, 0.2) is 11.6 Å². The Bertz CT molecular complexity index is 587. The first-order valence-corrected chi connectivity index (χ1v) is 5.19. The van der Waals surface area contributed by atoms with Crippen molar-refractivity contribution in [1.82, 2.24) is 35.3 Å². The summed E-state index contributed by atoms with van der Waals surface area (Å²) in [6.07, 6.45) is 6.16. The fourth-order valence-corrected chi connectivity index (χ4v) is 1.41. The summed E-state index contributed by atoms with van der Waals surface area (Å²) in [4.78, 5) is 12.6. The van der Waals surface area contributed by atoms with Crippen LogP contribution in [0.4, 0.5) is 0 Å². The molecule has 0 unspecified atom stereocenters. The van der Waals surface area contributed by atoms with Crippen molar-refractivity contribution >= 4 is 0 Å². The quantitative estimate of drug-likeness (QED) is 0.650. The van der Waals surface area contributed by atoms with E-state index in [-0.39, 0.29) is 0 Å². The van der Waals surface area contributed by atoms with E-state index in [0.717, 1.165) is 0 Å². The number of rotatable bonds is 2. The molecule has 0 aliphatic carbocycles. The van der Waals surface area contributed by atoms with Crippen LogP contribution in [-0.2, 0) is 0 Å². The molecule has 0 aliphatic rings. The highest BCUT2D eigenvalue weighted by Crippen LogP contribution is 2.15. The fraction of sp³-hybridized carbons (Fsp3) is 0. The molecule has 0 aromatic carbocycles. The van der Waals surface area contributed by atoms with Gasteiger partial charge in [0, 0.05) is 12.4 Å². The molecule has 86 valence electrons. The van der Waals surface area contributed by atoms with Gasteiger partial charge < -0.3 is 0 Å². The molecule has 0 bridgehead atoms. The van der Waals surface area contributed by atoms with Crippen LogP contribution in [0.1, 0.15) is 0 Å². The molecule has 0 radical (unpaired) electrons. The molecule has 0 saturated carbocycles. The average Bonchev–Trinajstić information content (AvgIpc) is 2.49. The summed E-state index contributed by atoms with van der Waals surface area (Å²) < 4.78 is 0. The molecule has 3 aromatic heterocycles. The molecule has 7 heteroatoms. The lowest BCUT2D eigenvalue weighted by Crippen LogP contribution is -1.97. The lowest BCUT2D eigenvalue weighted by Gasteiger charge is -2.00. The highest BCUT2D eigenvalue weighted by molar-refractivity contribution is 5.56. The van der Waals surface area contributed by atoms with Crippen LogP contribution in [0.2, 0.25) is 0 Å². The monoisotopic (exact) mass is 237 g/mol. The third-order valence-electron chi connectivity index (χ3n) is 2.17. The predicted molar refractivity (Wildman–Crippen MR) is 61.9 cm³/mol. The predicted octanol–water partition coefficient (Wildman–Crippen LogP) is 0.786. The molecule has 0 aliphatic heterocycles. The molecule has 0 fully saturated rings. The lowest BCUT2D eigenvalue weighted by atomic mass is 10.3. The van der Waals surface area contributed by atoms with E-state index in [9.17, 15) is 0 Å². The van der Waals surface area contributed by atoms with Gasteiger partial charge in [0.1, 0.15) is 11.4 Å². The molecule has 0 N–H and O–H groups in total. The van der Waals surface area contributed by atoms with Gasteiger partial charge in [-0.15, -0.1) is 10.2 Å². The van der Waals surface area contributed by atoms with Gasteiger partial charge in [0.05, 0.1) is 12.4 Å². The van der Waals surface area contributed by atoms with Crippen LogP contribution >= 0.6 is 0 Å². The van der Waals surface area contributed by atoms with Gasteiger partial charge in [0.2, 0.25) is 0 Å². The van der Waals surface area contributed by atoms with Crippen LogP contribution < -0.4 is 0 Å². The molecule has 0 atom stereocenters. The molecular weight excluding hydrogens is 230 g/mol. The Morgan fingerprint density at radius 1 is 0.667 bits per heavy atom. The molecule has 18 heavy (non-hydrogen) atoms. The minimum Gasteiger partial charge on any atom is -0.241 e. The maximum atomic E-state index is 4.38. The van der Waals surface area contributed by atoms with Gasteiger partial charge in [-0.25, -0.2) is 15.0 Å². The van der Waals surface area contributed by atoms with Crippen LogP contribution in [-0.4, -0.2) is 35.3 Å². The average molecular weight is 237 g/mol. The van der Waals surface area contributed by atoms with Crippen LogP contribution in [0.25, 0.3) is 23.0 Å². The van der Waals surface area contributed by atoms with Crippen molar-refractivity contribution in [3.8, 4) is 23.0 Å². The van der Waals surface area contributed by atoms with E-state index in [2.05, 4.69) is 35.3 Å². The third kappa shape index (κ3) is 2.01. The maximum absolute atomic E-state index is 4.38. The van der Waals surface area contributed by atoms with Crippen LogP contribution in [0.3, 0.4) is 0 Å². The van der Waals surface area contributed by atoms with Crippen molar-refractivity contribution in [2.24, 2.45) is 0 Å². The van der Waals surface area contributed by atoms with Crippen molar-refractivity contribution in [3.05, 3.63) is 43.0 Å². The normalized spacial score (nSPS) is 10.2. The Labute approximate surface area is 102 Å². The summed E-state index contributed by atoms with van der Waals surface area (Å²) in [5.41, 5.74) is 1.24. The van der Waals surface area contributed by atoms with E-state index in [1.807, 2.05) is 6.07 Å². The lowest BCUT2D eigenvalue weighted by molar-refractivity contribution is 0.957. The first-order chi connectivity index (χ1) is 8.93. The van der Waals surface area contributed by atoms with Gasteiger partial charge in [-0.2, -0.15) is 10.2 Å². The van der Waals surface area contributed by atoms with Crippen molar-refractivity contribution in [1.29, 1.82) is 0 Å². The fourth-order valence-electron chi connectivity index (χ4n) is 1.41. The van der Waals surface area contributed by atoms with Crippen LogP contribution in [0.15, 0.2) is 43.0 Å². The summed E-state index contributed by atoms with van der Waals surface area (Å²) in [7, 11) is 0.